The normalized spacial score (nSPS) is 11.3. The predicted molar refractivity (Wildman–Crippen MR) is 48.7 cm³/mol. The van der Waals surface area contributed by atoms with Crippen LogP contribution in [0, 0.1) is 0 Å². The standard InChI is InChI=1S/C7H11N5O/c1-2-10-6-4-9-3-5(11-6)7(8)12-13/h3-4,13H,2H2,1H3,(H2,8,12)(H,10,11). The van der Waals surface area contributed by atoms with Crippen LogP contribution in [0.3, 0.4) is 0 Å². The summed E-state index contributed by atoms with van der Waals surface area (Å²) in [6.07, 6.45) is 2.99. The van der Waals surface area contributed by atoms with E-state index >= 15 is 0 Å². The number of nitrogens with one attached hydrogen (secondary N) is 1. The third-order valence-electron chi connectivity index (χ3n) is 1.36. The highest BCUT2D eigenvalue weighted by Gasteiger charge is 2.01. The highest BCUT2D eigenvalue weighted by molar-refractivity contribution is 5.95. The van der Waals surface area contributed by atoms with E-state index in [0.29, 0.717) is 11.5 Å². The van der Waals surface area contributed by atoms with Gasteiger partial charge in [-0.25, -0.2) is 4.98 Å². The van der Waals surface area contributed by atoms with E-state index in [2.05, 4.69) is 20.4 Å². The molecule has 4 N–H and O–H groups in total. The molecule has 13 heavy (non-hydrogen) atoms. The fourth-order valence-electron chi connectivity index (χ4n) is 0.807. The first kappa shape index (κ1) is 9.24. The van der Waals surface area contributed by atoms with Gasteiger partial charge < -0.3 is 16.3 Å². The van der Waals surface area contributed by atoms with Gasteiger partial charge in [-0.3, -0.25) is 4.98 Å². The molecule has 0 atom stereocenters. The molecule has 0 aliphatic rings. The summed E-state index contributed by atoms with van der Waals surface area (Å²) in [7, 11) is 0. The van der Waals surface area contributed by atoms with Gasteiger partial charge in [0.05, 0.1) is 12.4 Å². The van der Waals surface area contributed by atoms with Crippen LogP contribution >= 0.6 is 0 Å². The van der Waals surface area contributed by atoms with Gasteiger partial charge in [-0.15, -0.1) is 0 Å². The van der Waals surface area contributed by atoms with Crippen LogP contribution in [0.2, 0.25) is 0 Å². The Labute approximate surface area is 75.5 Å². The van der Waals surface area contributed by atoms with Crippen molar-refractivity contribution in [1.29, 1.82) is 0 Å². The summed E-state index contributed by atoms with van der Waals surface area (Å²) in [5, 5.41) is 14.2. The van der Waals surface area contributed by atoms with E-state index in [1.54, 1.807) is 6.20 Å². The minimum Gasteiger partial charge on any atom is -0.409 e. The molecule has 70 valence electrons. The van der Waals surface area contributed by atoms with Crippen molar-refractivity contribution in [3.05, 3.63) is 18.1 Å². The van der Waals surface area contributed by atoms with Crippen LogP contribution in [0.4, 0.5) is 5.82 Å². The summed E-state index contributed by atoms with van der Waals surface area (Å²) in [5.74, 6) is 0.554. The fourth-order valence-corrected chi connectivity index (χ4v) is 0.807. The highest BCUT2D eigenvalue weighted by atomic mass is 16.4. The Kier molecular flexibility index (Phi) is 3.02. The minimum absolute atomic E-state index is 0.0488. The first-order valence-electron chi connectivity index (χ1n) is 3.81. The number of rotatable bonds is 3. The van der Waals surface area contributed by atoms with Crippen LogP contribution < -0.4 is 11.1 Å². The summed E-state index contributed by atoms with van der Waals surface area (Å²) in [5.41, 5.74) is 5.68. The lowest BCUT2D eigenvalue weighted by atomic mass is 10.4. The Morgan fingerprint density at radius 3 is 3.08 bits per heavy atom. The van der Waals surface area contributed by atoms with E-state index in [-0.39, 0.29) is 5.84 Å². The molecule has 0 aliphatic carbocycles. The molecule has 0 fully saturated rings. The molecular formula is C7H11N5O. The molecular weight excluding hydrogens is 170 g/mol. The average Bonchev–Trinajstić information content (AvgIpc) is 2.18. The van der Waals surface area contributed by atoms with E-state index in [1.165, 1.54) is 6.20 Å². The molecule has 1 heterocycles. The molecule has 1 aromatic heterocycles. The van der Waals surface area contributed by atoms with Crippen molar-refractivity contribution >= 4 is 11.7 Å². The third kappa shape index (κ3) is 2.29. The lowest BCUT2D eigenvalue weighted by Gasteiger charge is -2.02. The summed E-state index contributed by atoms with van der Waals surface area (Å²) in [4.78, 5) is 7.92. The Balaban J connectivity index is 2.91. The van der Waals surface area contributed by atoms with Crippen molar-refractivity contribution in [1.82, 2.24) is 9.97 Å². The first-order chi connectivity index (χ1) is 6.27. The van der Waals surface area contributed by atoms with Gasteiger partial charge in [0, 0.05) is 6.54 Å². The second kappa shape index (κ2) is 4.24. The number of hydrogen-bond donors (Lipinski definition) is 3. The van der Waals surface area contributed by atoms with Crippen LogP contribution in [0.5, 0.6) is 0 Å². The van der Waals surface area contributed by atoms with Gasteiger partial charge in [0.2, 0.25) is 0 Å². The Morgan fingerprint density at radius 2 is 2.46 bits per heavy atom. The number of hydrogen-bond acceptors (Lipinski definition) is 5. The Bertz CT molecular complexity index is 312. The summed E-state index contributed by atoms with van der Waals surface area (Å²) in [6, 6.07) is 0. The minimum atomic E-state index is -0.0488. The van der Waals surface area contributed by atoms with Gasteiger partial charge in [0.25, 0.3) is 0 Å². The Hall–Kier alpha value is -1.85. The number of amidine groups is 1. The quantitative estimate of drug-likeness (QED) is 0.264. The third-order valence-corrected chi connectivity index (χ3v) is 1.36. The van der Waals surface area contributed by atoms with Crippen LogP contribution in [0.15, 0.2) is 17.5 Å². The van der Waals surface area contributed by atoms with E-state index in [9.17, 15) is 0 Å². The maximum absolute atomic E-state index is 8.38. The topological polar surface area (TPSA) is 96.4 Å². The zero-order valence-electron chi connectivity index (χ0n) is 7.23. The number of anilines is 1. The number of aromatic nitrogens is 2. The molecule has 0 bridgehead atoms. The molecule has 6 heteroatoms. The summed E-state index contributed by atoms with van der Waals surface area (Å²) >= 11 is 0. The lowest BCUT2D eigenvalue weighted by molar-refractivity contribution is 0.318. The average molecular weight is 181 g/mol. The first-order valence-corrected chi connectivity index (χ1v) is 3.81. The van der Waals surface area contributed by atoms with Crippen molar-refractivity contribution in [3.8, 4) is 0 Å². The Morgan fingerprint density at radius 1 is 1.69 bits per heavy atom. The maximum Gasteiger partial charge on any atom is 0.190 e. The zero-order valence-corrected chi connectivity index (χ0v) is 7.23. The van der Waals surface area contributed by atoms with E-state index < -0.39 is 0 Å². The SMILES string of the molecule is CCNc1cncc(/C(N)=N/O)n1. The second-order valence-electron chi connectivity index (χ2n) is 2.31. The molecule has 0 saturated carbocycles. The monoisotopic (exact) mass is 181 g/mol. The van der Waals surface area contributed by atoms with Gasteiger partial charge in [0.15, 0.2) is 5.84 Å². The molecule has 1 rings (SSSR count). The van der Waals surface area contributed by atoms with Gasteiger partial charge in [-0.05, 0) is 6.92 Å². The molecule has 0 radical (unpaired) electrons. The molecule has 0 amide bonds. The highest BCUT2D eigenvalue weighted by Crippen LogP contribution is 2.00. The van der Waals surface area contributed by atoms with Gasteiger partial charge >= 0.3 is 0 Å². The van der Waals surface area contributed by atoms with Gasteiger partial charge in [-0.2, -0.15) is 0 Å². The van der Waals surface area contributed by atoms with Crippen LogP contribution in [0.25, 0.3) is 0 Å². The van der Waals surface area contributed by atoms with Gasteiger partial charge in [-0.1, -0.05) is 5.16 Å². The fraction of sp³-hybridized carbons (Fsp3) is 0.286. The lowest BCUT2D eigenvalue weighted by Crippen LogP contribution is -2.16. The molecule has 0 unspecified atom stereocenters. The molecule has 0 aliphatic heterocycles. The maximum atomic E-state index is 8.38. The van der Waals surface area contributed by atoms with Crippen LogP contribution in [-0.4, -0.2) is 27.6 Å². The summed E-state index contributed by atoms with van der Waals surface area (Å²) < 4.78 is 0. The predicted octanol–water partition coefficient (Wildman–Crippen LogP) is 0.00290. The van der Waals surface area contributed by atoms with Crippen LogP contribution in [0.1, 0.15) is 12.6 Å². The van der Waals surface area contributed by atoms with Crippen molar-refractivity contribution in [2.45, 2.75) is 6.92 Å². The molecule has 6 nitrogen and oxygen atoms in total. The smallest absolute Gasteiger partial charge is 0.190 e. The second-order valence-corrected chi connectivity index (χ2v) is 2.31. The number of nitrogens with zero attached hydrogens (tertiary/aromatic N) is 3. The van der Waals surface area contributed by atoms with Crippen molar-refractivity contribution in [2.24, 2.45) is 10.9 Å². The number of oxime groups is 1. The van der Waals surface area contributed by atoms with E-state index in [0.717, 1.165) is 6.54 Å². The van der Waals surface area contributed by atoms with Crippen molar-refractivity contribution < 1.29 is 5.21 Å². The largest absolute Gasteiger partial charge is 0.409 e. The summed E-state index contributed by atoms with van der Waals surface area (Å²) in [6.45, 7) is 2.69. The van der Waals surface area contributed by atoms with Gasteiger partial charge in [0.1, 0.15) is 11.5 Å². The van der Waals surface area contributed by atoms with E-state index in [1.807, 2.05) is 6.92 Å². The zero-order chi connectivity index (χ0) is 9.68. The van der Waals surface area contributed by atoms with E-state index in [4.69, 9.17) is 10.9 Å². The van der Waals surface area contributed by atoms with Crippen molar-refractivity contribution in [3.63, 3.8) is 0 Å². The number of nitrogens with two attached hydrogens (primary N) is 1. The molecule has 0 spiro atoms. The van der Waals surface area contributed by atoms with Crippen molar-refractivity contribution in [2.75, 3.05) is 11.9 Å². The molecule has 1 aromatic rings. The van der Waals surface area contributed by atoms with Crippen LogP contribution in [-0.2, 0) is 0 Å². The molecule has 0 saturated heterocycles. The molecule has 0 aromatic carbocycles.